The molecule has 122 valence electrons. The van der Waals surface area contributed by atoms with Crippen LogP contribution < -0.4 is 5.32 Å². The summed E-state index contributed by atoms with van der Waals surface area (Å²) in [5.41, 5.74) is 0.756. The topological polar surface area (TPSA) is 68.0 Å². The summed E-state index contributed by atoms with van der Waals surface area (Å²) in [7, 11) is 0. The SMILES string of the molecule is O=C(CSc1nnc(C2CCCCC2)o1)Nc1ccccc1Br. The molecule has 0 atom stereocenters. The van der Waals surface area contributed by atoms with Crippen molar-refractivity contribution < 1.29 is 9.21 Å². The Morgan fingerprint density at radius 1 is 1.26 bits per heavy atom. The molecule has 1 aromatic heterocycles. The summed E-state index contributed by atoms with van der Waals surface area (Å²) in [5.74, 6) is 1.26. The van der Waals surface area contributed by atoms with Gasteiger partial charge in [0.2, 0.25) is 11.8 Å². The fraction of sp³-hybridized carbons (Fsp3) is 0.438. The second kappa shape index (κ2) is 7.97. The smallest absolute Gasteiger partial charge is 0.277 e. The predicted octanol–water partition coefficient (Wildman–Crippen LogP) is 4.61. The van der Waals surface area contributed by atoms with Gasteiger partial charge in [-0.2, -0.15) is 0 Å². The third-order valence-corrected chi connectivity index (χ3v) is 5.36. The second-order valence-electron chi connectivity index (χ2n) is 5.56. The van der Waals surface area contributed by atoms with Crippen molar-refractivity contribution >= 4 is 39.3 Å². The number of nitrogens with one attached hydrogen (secondary N) is 1. The maximum absolute atomic E-state index is 12.0. The highest BCUT2D eigenvalue weighted by Gasteiger charge is 2.21. The molecule has 23 heavy (non-hydrogen) atoms. The minimum Gasteiger partial charge on any atom is -0.416 e. The Morgan fingerprint density at radius 2 is 2.04 bits per heavy atom. The Labute approximate surface area is 147 Å². The number of hydrogen-bond acceptors (Lipinski definition) is 5. The normalized spacial score (nSPS) is 15.5. The Kier molecular flexibility index (Phi) is 5.72. The van der Waals surface area contributed by atoms with Crippen LogP contribution >= 0.6 is 27.7 Å². The van der Waals surface area contributed by atoms with Crippen LogP contribution in [-0.2, 0) is 4.79 Å². The van der Waals surface area contributed by atoms with Crippen molar-refractivity contribution in [1.29, 1.82) is 0 Å². The molecule has 1 amide bonds. The highest BCUT2D eigenvalue weighted by molar-refractivity contribution is 9.10. The van der Waals surface area contributed by atoms with Gasteiger partial charge in [0.05, 0.1) is 11.4 Å². The largest absolute Gasteiger partial charge is 0.416 e. The lowest BCUT2D eigenvalue weighted by Gasteiger charge is -2.17. The summed E-state index contributed by atoms with van der Waals surface area (Å²) >= 11 is 4.68. The molecular weight excluding hydrogens is 378 g/mol. The zero-order chi connectivity index (χ0) is 16.1. The van der Waals surface area contributed by atoms with Crippen LogP contribution in [0.5, 0.6) is 0 Å². The molecule has 2 aromatic rings. The van der Waals surface area contributed by atoms with E-state index in [2.05, 4.69) is 31.4 Å². The highest BCUT2D eigenvalue weighted by Crippen LogP contribution is 2.33. The van der Waals surface area contributed by atoms with Gasteiger partial charge in [-0.05, 0) is 40.9 Å². The van der Waals surface area contributed by atoms with Gasteiger partial charge in [-0.3, -0.25) is 4.79 Å². The van der Waals surface area contributed by atoms with E-state index in [1.54, 1.807) is 0 Å². The van der Waals surface area contributed by atoms with E-state index in [9.17, 15) is 4.79 Å². The van der Waals surface area contributed by atoms with Crippen molar-refractivity contribution in [3.63, 3.8) is 0 Å². The fourth-order valence-corrected chi connectivity index (χ4v) is 3.62. The standard InChI is InChI=1S/C16H18BrN3O2S/c17-12-8-4-5-9-13(12)18-14(21)10-23-16-20-19-15(22-16)11-6-2-1-3-7-11/h4-5,8-9,11H,1-3,6-7,10H2,(H,18,21). The predicted molar refractivity (Wildman–Crippen MR) is 93.6 cm³/mol. The van der Waals surface area contributed by atoms with Gasteiger partial charge in [0.15, 0.2) is 0 Å². The van der Waals surface area contributed by atoms with Gasteiger partial charge in [0, 0.05) is 10.4 Å². The first-order chi connectivity index (χ1) is 11.2. The number of aromatic nitrogens is 2. The summed E-state index contributed by atoms with van der Waals surface area (Å²) in [6, 6.07) is 7.51. The first-order valence-corrected chi connectivity index (χ1v) is 9.51. The lowest BCUT2D eigenvalue weighted by Crippen LogP contribution is -2.14. The third kappa shape index (κ3) is 4.57. The number of carbonyl (C=O) groups is 1. The number of thioether (sulfide) groups is 1. The van der Waals surface area contributed by atoms with Crippen LogP contribution in [0, 0.1) is 0 Å². The maximum Gasteiger partial charge on any atom is 0.277 e. The van der Waals surface area contributed by atoms with Crippen molar-refractivity contribution in [2.45, 2.75) is 43.2 Å². The average Bonchev–Trinajstić information content (AvgIpc) is 3.05. The van der Waals surface area contributed by atoms with Crippen LogP contribution in [0.25, 0.3) is 0 Å². The number of para-hydroxylation sites is 1. The first-order valence-electron chi connectivity index (χ1n) is 7.73. The summed E-state index contributed by atoms with van der Waals surface area (Å²) in [6.07, 6.45) is 5.98. The molecule has 0 saturated heterocycles. The molecule has 7 heteroatoms. The van der Waals surface area contributed by atoms with E-state index in [4.69, 9.17) is 4.42 Å². The minimum atomic E-state index is -0.0979. The monoisotopic (exact) mass is 395 g/mol. The molecule has 0 bridgehead atoms. The molecule has 1 N–H and O–H groups in total. The van der Waals surface area contributed by atoms with Crippen molar-refractivity contribution in [2.75, 3.05) is 11.1 Å². The third-order valence-electron chi connectivity index (χ3n) is 3.85. The zero-order valence-corrected chi connectivity index (χ0v) is 15.0. The van der Waals surface area contributed by atoms with Crippen molar-refractivity contribution in [3.8, 4) is 0 Å². The van der Waals surface area contributed by atoms with Gasteiger partial charge in [0.25, 0.3) is 5.22 Å². The number of nitrogens with zero attached hydrogens (tertiary/aromatic N) is 2. The van der Waals surface area contributed by atoms with E-state index in [1.807, 2.05) is 24.3 Å². The molecule has 1 fully saturated rings. The van der Waals surface area contributed by atoms with Crippen LogP contribution in [0.1, 0.15) is 43.9 Å². The van der Waals surface area contributed by atoms with E-state index in [0.717, 1.165) is 28.9 Å². The number of benzene rings is 1. The fourth-order valence-electron chi connectivity index (χ4n) is 2.67. The van der Waals surface area contributed by atoms with E-state index in [-0.39, 0.29) is 11.7 Å². The van der Waals surface area contributed by atoms with Gasteiger partial charge in [0.1, 0.15) is 0 Å². The van der Waals surface area contributed by atoms with Gasteiger partial charge < -0.3 is 9.73 Å². The van der Waals surface area contributed by atoms with Gasteiger partial charge in [-0.15, -0.1) is 10.2 Å². The first kappa shape index (κ1) is 16.5. The van der Waals surface area contributed by atoms with Gasteiger partial charge in [-0.1, -0.05) is 43.2 Å². The number of halogens is 1. The van der Waals surface area contributed by atoms with Gasteiger partial charge >= 0.3 is 0 Å². The molecule has 1 heterocycles. The van der Waals surface area contributed by atoms with Crippen LogP contribution in [0.2, 0.25) is 0 Å². The van der Waals surface area contributed by atoms with E-state index in [0.29, 0.717) is 11.1 Å². The van der Waals surface area contributed by atoms with Crippen LogP contribution in [0.3, 0.4) is 0 Å². The Hall–Kier alpha value is -1.34. The zero-order valence-electron chi connectivity index (χ0n) is 12.6. The summed E-state index contributed by atoms with van der Waals surface area (Å²) in [4.78, 5) is 12.0. The minimum absolute atomic E-state index is 0.0979. The van der Waals surface area contributed by atoms with Gasteiger partial charge in [-0.25, -0.2) is 0 Å². The lowest BCUT2D eigenvalue weighted by molar-refractivity contribution is -0.113. The quantitative estimate of drug-likeness (QED) is 0.748. The Balaban J connectivity index is 1.51. The molecule has 1 aromatic carbocycles. The molecule has 1 aliphatic rings. The number of rotatable bonds is 5. The molecule has 3 rings (SSSR count). The second-order valence-corrected chi connectivity index (χ2v) is 7.34. The molecular formula is C16H18BrN3O2S. The Bertz CT molecular complexity index is 671. The van der Waals surface area contributed by atoms with Crippen LogP contribution in [-0.4, -0.2) is 21.9 Å². The summed E-state index contributed by atoms with van der Waals surface area (Å²) in [5, 5.41) is 11.5. The van der Waals surface area contributed by atoms with Crippen molar-refractivity contribution in [1.82, 2.24) is 10.2 Å². The Morgan fingerprint density at radius 3 is 2.83 bits per heavy atom. The van der Waals surface area contributed by atoms with E-state index < -0.39 is 0 Å². The van der Waals surface area contributed by atoms with E-state index in [1.165, 1.54) is 31.0 Å². The molecule has 1 aliphatic carbocycles. The summed E-state index contributed by atoms with van der Waals surface area (Å²) < 4.78 is 6.56. The lowest BCUT2D eigenvalue weighted by atomic mass is 9.89. The van der Waals surface area contributed by atoms with Crippen LogP contribution in [0.4, 0.5) is 5.69 Å². The number of hydrogen-bond donors (Lipinski definition) is 1. The summed E-state index contributed by atoms with van der Waals surface area (Å²) in [6.45, 7) is 0. The molecule has 0 aliphatic heterocycles. The highest BCUT2D eigenvalue weighted by atomic mass is 79.9. The number of anilines is 1. The molecule has 0 spiro atoms. The number of amides is 1. The van der Waals surface area contributed by atoms with Crippen molar-refractivity contribution in [3.05, 3.63) is 34.6 Å². The average molecular weight is 396 g/mol. The maximum atomic E-state index is 12.0. The molecule has 5 nitrogen and oxygen atoms in total. The number of carbonyl (C=O) groups excluding carboxylic acids is 1. The molecule has 0 unspecified atom stereocenters. The van der Waals surface area contributed by atoms with Crippen molar-refractivity contribution in [2.24, 2.45) is 0 Å². The van der Waals surface area contributed by atoms with E-state index >= 15 is 0 Å². The van der Waals surface area contributed by atoms with Crippen LogP contribution in [0.15, 0.2) is 38.4 Å². The molecule has 1 saturated carbocycles. The molecule has 0 radical (unpaired) electrons.